The van der Waals surface area contributed by atoms with Gasteiger partial charge in [0.25, 0.3) is 0 Å². The molecule has 2 fully saturated rings. The second kappa shape index (κ2) is 10.4. The Bertz CT molecular complexity index is 445. The van der Waals surface area contributed by atoms with Crippen molar-refractivity contribution < 1.29 is 9.53 Å². The largest absolute Gasteiger partial charge is 0.444 e. The second-order valence-electron chi connectivity index (χ2n) is 7.71. The van der Waals surface area contributed by atoms with Gasteiger partial charge in [0.15, 0.2) is 5.96 Å². The molecule has 2 saturated heterocycles. The Labute approximate surface area is 169 Å². The van der Waals surface area contributed by atoms with Crippen molar-refractivity contribution in [2.75, 3.05) is 32.7 Å². The molecule has 2 rings (SSSR count). The van der Waals surface area contributed by atoms with E-state index in [2.05, 4.69) is 17.1 Å². The smallest absolute Gasteiger partial charge is 0.410 e. The molecule has 0 aromatic carbocycles. The predicted octanol–water partition coefficient (Wildman–Crippen LogP) is 3.46. The first-order valence-corrected chi connectivity index (χ1v) is 9.43. The van der Waals surface area contributed by atoms with Gasteiger partial charge in [0.1, 0.15) is 5.60 Å². The number of halogens is 1. The molecule has 1 unspecified atom stereocenters. The van der Waals surface area contributed by atoms with E-state index in [0.717, 1.165) is 51.4 Å². The van der Waals surface area contributed by atoms with Gasteiger partial charge in [-0.05, 0) is 59.8 Å². The summed E-state index contributed by atoms with van der Waals surface area (Å²) in [6.45, 7) is 12.3. The van der Waals surface area contributed by atoms with Crippen LogP contribution in [0.15, 0.2) is 4.99 Å². The molecule has 146 valence electrons. The van der Waals surface area contributed by atoms with Gasteiger partial charge in [0.05, 0.1) is 12.6 Å². The van der Waals surface area contributed by atoms with E-state index in [4.69, 9.17) is 9.73 Å². The number of ether oxygens (including phenoxy) is 1. The minimum Gasteiger partial charge on any atom is -0.444 e. The fraction of sp³-hybridized carbons (Fsp3) is 0.889. The molecule has 2 heterocycles. The van der Waals surface area contributed by atoms with E-state index in [1.807, 2.05) is 25.7 Å². The van der Waals surface area contributed by atoms with Crippen molar-refractivity contribution in [3.63, 3.8) is 0 Å². The predicted molar refractivity (Wildman–Crippen MR) is 113 cm³/mol. The second-order valence-corrected chi connectivity index (χ2v) is 7.71. The summed E-state index contributed by atoms with van der Waals surface area (Å²) in [5, 5.41) is 3.39. The van der Waals surface area contributed by atoms with Crippen LogP contribution in [0.2, 0.25) is 0 Å². The number of aliphatic imine (C=N–C) groups is 1. The number of piperidine rings is 1. The van der Waals surface area contributed by atoms with Crippen LogP contribution < -0.4 is 5.32 Å². The van der Waals surface area contributed by atoms with Crippen LogP contribution in [0, 0.1) is 0 Å². The summed E-state index contributed by atoms with van der Waals surface area (Å²) in [5.41, 5.74) is -0.452. The molecule has 1 N–H and O–H groups in total. The summed E-state index contributed by atoms with van der Waals surface area (Å²) in [6, 6.07) is 0.143. The zero-order valence-electron chi connectivity index (χ0n) is 16.2. The first-order valence-electron chi connectivity index (χ1n) is 9.43. The highest BCUT2D eigenvalue weighted by Crippen LogP contribution is 2.21. The maximum atomic E-state index is 12.5. The highest BCUT2D eigenvalue weighted by molar-refractivity contribution is 14.0. The number of carbonyl (C=O) groups excluding carboxylic acids is 1. The first kappa shape index (κ1) is 22.3. The first-order chi connectivity index (χ1) is 11.4. The highest BCUT2D eigenvalue weighted by Gasteiger charge is 2.30. The van der Waals surface area contributed by atoms with Crippen LogP contribution in [-0.4, -0.2) is 66.2 Å². The van der Waals surface area contributed by atoms with Gasteiger partial charge < -0.3 is 19.9 Å². The summed E-state index contributed by atoms with van der Waals surface area (Å²) in [4.78, 5) is 21.5. The molecule has 25 heavy (non-hydrogen) atoms. The van der Waals surface area contributed by atoms with E-state index >= 15 is 0 Å². The summed E-state index contributed by atoms with van der Waals surface area (Å²) >= 11 is 0. The molecule has 1 atom stereocenters. The van der Waals surface area contributed by atoms with Crippen LogP contribution in [0.25, 0.3) is 0 Å². The lowest BCUT2D eigenvalue weighted by atomic mass is 10.0. The maximum Gasteiger partial charge on any atom is 0.410 e. The number of likely N-dealkylation sites (tertiary alicyclic amines) is 2. The highest BCUT2D eigenvalue weighted by atomic mass is 127. The Hall–Kier alpha value is -0.730. The van der Waals surface area contributed by atoms with Gasteiger partial charge in [-0.1, -0.05) is 0 Å². The standard InChI is InChI=1S/C18H34N4O2.HI/c1-5-19-16(21-11-8-9-12-21)20-14-15-10-6-7-13-22(15)17(23)24-18(2,3)4;/h15H,5-14H2,1-4H3,(H,19,20);1H. The van der Waals surface area contributed by atoms with Crippen molar-refractivity contribution in [2.24, 2.45) is 4.99 Å². The van der Waals surface area contributed by atoms with Gasteiger partial charge in [-0.2, -0.15) is 0 Å². The lowest BCUT2D eigenvalue weighted by Gasteiger charge is -2.36. The molecule has 7 heteroatoms. The average molecular weight is 466 g/mol. The van der Waals surface area contributed by atoms with Crippen molar-refractivity contribution in [2.45, 2.75) is 71.4 Å². The summed E-state index contributed by atoms with van der Waals surface area (Å²) in [6.07, 6.45) is 5.47. The number of hydrogen-bond acceptors (Lipinski definition) is 3. The van der Waals surface area contributed by atoms with Crippen LogP contribution in [-0.2, 0) is 4.74 Å². The van der Waals surface area contributed by atoms with E-state index in [1.165, 1.54) is 12.8 Å². The number of nitrogens with one attached hydrogen (secondary N) is 1. The molecule has 0 radical (unpaired) electrons. The van der Waals surface area contributed by atoms with Gasteiger partial charge in [0, 0.05) is 26.2 Å². The third-order valence-electron chi connectivity index (χ3n) is 4.45. The molecule has 2 aliphatic rings. The lowest BCUT2D eigenvalue weighted by Crippen LogP contribution is -2.48. The number of nitrogens with zero attached hydrogens (tertiary/aromatic N) is 3. The van der Waals surface area contributed by atoms with E-state index in [1.54, 1.807) is 0 Å². The molecule has 0 saturated carbocycles. The van der Waals surface area contributed by atoms with Crippen LogP contribution in [0.5, 0.6) is 0 Å². The molecule has 2 aliphatic heterocycles. The minimum absolute atomic E-state index is 0. The Balaban J connectivity index is 0.00000312. The van der Waals surface area contributed by atoms with Crippen molar-refractivity contribution in [3.8, 4) is 0 Å². The zero-order chi connectivity index (χ0) is 17.6. The van der Waals surface area contributed by atoms with E-state index in [9.17, 15) is 4.79 Å². The lowest BCUT2D eigenvalue weighted by molar-refractivity contribution is 0.0109. The van der Waals surface area contributed by atoms with Gasteiger partial charge >= 0.3 is 6.09 Å². The molecule has 0 spiro atoms. The Morgan fingerprint density at radius 3 is 2.40 bits per heavy atom. The van der Waals surface area contributed by atoms with Crippen molar-refractivity contribution in [1.82, 2.24) is 15.1 Å². The minimum atomic E-state index is -0.452. The van der Waals surface area contributed by atoms with Crippen LogP contribution in [0.4, 0.5) is 4.79 Å². The monoisotopic (exact) mass is 466 g/mol. The fourth-order valence-corrected chi connectivity index (χ4v) is 3.30. The molecular weight excluding hydrogens is 431 g/mol. The average Bonchev–Trinajstić information content (AvgIpc) is 3.04. The number of hydrogen-bond donors (Lipinski definition) is 1. The third-order valence-corrected chi connectivity index (χ3v) is 4.45. The quantitative estimate of drug-likeness (QED) is 0.393. The normalized spacial score (nSPS) is 21.8. The summed E-state index contributed by atoms with van der Waals surface area (Å²) in [5.74, 6) is 0.990. The van der Waals surface area contributed by atoms with Gasteiger partial charge in [-0.3, -0.25) is 4.99 Å². The molecule has 1 amide bonds. The summed E-state index contributed by atoms with van der Waals surface area (Å²) < 4.78 is 5.57. The Morgan fingerprint density at radius 2 is 1.80 bits per heavy atom. The molecular formula is C18H35IN4O2. The molecule has 0 bridgehead atoms. The third kappa shape index (κ3) is 7.19. The fourth-order valence-electron chi connectivity index (χ4n) is 3.30. The maximum absolute atomic E-state index is 12.5. The van der Waals surface area contributed by atoms with Crippen LogP contribution >= 0.6 is 24.0 Å². The Kier molecular flexibility index (Phi) is 9.30. The van der Waals surface area contributed by atoms with Crippen LogP contribution in [0.1, 0.15) is 59.8 Å². The number of carbonyl (C=O) groups is 1. The van der Waals surface area contributed by atoms with Gasteiger partial charge in [0.2, 0.25) is 0 Å². The van der Waals surface area contributed by atoms with Crippen molar-refractivity contribution in [1.29, 1.82) is 0 Å². The number of rotatable bonds is 3. The van der Waals surface area contributed by atoms with Crippen molar-refractivity contribution in [3.05, 3.63) is 0 Å². The van der Waals surface area contributed by atoms with E-state index in [0.29, 0.717) is 6.54 Å². The van der Waals surface area contributed by atoms with E-state index in [-0.39, 0.29) is 36.1 Å². The molecule has 0 aliphatic carbocycles. The summed E-state index contributed by atoms with van der Waals surface area (Å²) in [7, 11) is 0. The van der Waals surface area contributed by atoms with E-state index < -0.39 is 5.60 Å². The topological polar surface area (TPSA) is 57.2 Å². The SMILES string of the molecule is CCNC(=NCC1CCCCN1C(=O)OC(C)(C)C)N1CCCC1.I. The van der Waals surface area contributed by atoms with Crippen LogP contribution in [0.3, 0.4) is 0 Å². The number of amides is 1. The van der Waals surface area contributed by atoms with Gasteiger partial charge in [-0.25, -0.2) is 4.79 Å². The Morgan fingerprint density at radius 1 is 1.16 bits per heavy atom. The van der Waals surface area contributed by atoms with Gasteiger partial charge in [-0.15, -0.1) is 24.0 Å². The zero-order valence-corrected chi connectivity index (χ0v) is 18.5. The molecule has 6 nitrogen and oxygen atoms in total. The molecule has 0 aromatic heterocycles. The van der Waals surface area contributed by atoms with Crippen molar-refractivity contribution >= 4 is 36.0 Å². The molecule has 0 aromatic rings. The number of guanidine groups is 1.